The molecule has 0 spiro atoms. The molecule has 5 nitrogen and oxygen atoms in total. The summed E-state index contributed by atoms with van der Waals surface area (Å²) in [5, 5.41) is 9.82. The Hall–Kier alpha value is -1.53. The third kappa shape index (κ3) is 2.29. The summed E-state index contributed by atoms with van der Waals surface area (Å²) >= 11 is 0. The van der Waals surface area contributed by atoms with Crippen molar-refractivity contribution >= 4 is 18.9 Å². The Labute approximate surface area is 119 Å². The summed E-state index contributed by atoms with van der Waals surface area (Å²) in [5.74, 6) is 0.0436. The highest BCUT2D eigenvalue weighted by Gasteiger charge is 2.51. The Kier molecular flexibility index (Phi) is 3.56. The maximum absolute atomic E-state index is 11.0. The molecule has 1 aliphatic heterocycles. The van der Waals surface area contributed by atoms with Crippen LogP contribution in [0.15, 0.2) is 12.1 Å². The van der Waals surface area contributed by atoms with Gasteiger partial charge in [0.25, 0.3) is 0 Å². The normalized spacial score (nSPS) is 19.9. The zero-order chi connectivity index (χ0) is 15.1. The quantitative estimate of drug-likeness (QED) is 0.670. The van der Waals surface area contributed by atoms with Crippen LogP contribution >= 0.6 is 0 Å². The molecule has 0 amide bonds. The van der Waals surface area contributed by atoms with E-state index < -0.39 is 18.3 Å². The van der Waals surface area contributed by atoms with Crippen molar-refractivity contribution in [2.45, 2.75) is 38.9 Å². The molecule has 0 saturated carbocycles. The van der Waals surface area contributed by atoms with Gasteiger partial charge in [-0.2, -0.15) is 0 Å². The van der Waals surface area contributed by atoms with Crippen LogP contribution < -0.4 is 10.2 Å². The van der Waals surface area contributed by atoms with Gasteiger partial charge >= 0.3 is 7.12 Å². The first-order valence-electron chi connectivity index (χ1n) is 6.43. The van der Waals surface area contributed by atoms with Gasteiger partial charge in [-0.3, -0.25) is 4.79 Å². The SMILES string of the molecule is COc1cc(B2OC(C)(C)C(C)(C)O2)cc(C=O)c1O. The van der Waals surface area contributed by atoms with Crippen LogP contribution in [0.5, 0.6) is 11.5 Å². The Balaban J connectivity index is 2.43. The molecule has 0 atom stereocenters. The van der Waals surface area contributed by atoms with Gasteiger partial charge in [-0.1, -0.05) is 0 Å². The average Bonchev–Trinajstić information content (AvgIpc) is 2.58. The van der Waals surface area contributed by atoms with Crippen LogP contribution in [0.2, 0.25) is 0 Å². The summed E-state index contributed by atoms with van der Waals surface area (Å²) in [7, 11) is 0.825. The number of methoxy groups -OCH3 is 1. The summed E-state index contributed by atoms with van der Waals surface area (Å²) in [6, 6.07) is 3.16. The molecule has 1 aliphatic rings. The van der Waals surface area contributed by atoms with E-state index in [9.17, 15) is 9.90 Å². The average molecular weight is 278 g/mol. The van der Waals surface area contributed by atoms with E-state index in [0.29, 0.717) is 11.7 Å². The predicted molar refractivity (Wildman–Crippen MR) is 75.8 cm³/mol. The Bertz CT molecular complexity index is 523. The third-order valence-corrected chi connectivity index (χ3v) is 4.00. The molecular formula is C14H19BO5. The first-order chi connectivity index (χ1) is 9.21. The summed E-state index contributed by atoms with van der Waals surface area (Å²) in [6.07, 6.45) is 0.576. The van der Waals surface area contributed by atoms with E-state index in [0.717, 1.165) is 0 Å². The van der Waals surface area contributed by atoms with Gasteiger partial charge in [0, 0.05) is 0 Å². The summed E-state index contributed by atoms with van der Waals surface area (Å²) in [4.78, 5) is 11.0. The van der Waals surface area contributed by atoms with Gasteiger partial charge in [0.15, 0.2) is 17.8 Å². The van der Waals surface area contributed by atoms with E-state index in [1.54, 1.807) is 12.1 Å². The van der Waals surface area contributed by atoms with Gasteiger partial charge in [-0.05, 0) is 45.3 Å². The largest absolute Gasteiger partial charge is 0.504 e. The van der Waals surface area contributed by atoms with Crippen molar-refractivity contribution in [1.82, 2.24) is 0 Å². The number of phenols is 1. The first kappa shape index (κ1) is 14.9. The second kappa shape index (κ2) is 4.79. The molecule has 1 aromatic carbocycles. The van der Waals surface area contributed by atoms with Gasteiger partial charge in [0.2, 0.25) is 0 Å². The Morgan fingerprint density at radius 2 is 1.75 bits per heavy atom. The number of carbonyl (C=O) groups is 1. The van der Waals surface area contributed by atoms with Crippen molar-refractivity contribution in [2.24, 2.45) is 0 Å². The lowest BCUT2D eigenvalue weighted by Gasteiger charge is -2.32. The fourth-order valence-electron chi connectivity index (χ4n) is 2.01. The molecule has 1 fully saturated rings. The molecule has 6 heteroatoms. The highest BCUT2D eigenvalue weighted by Crippen LogP contribution is 2.37. The van der Waals surface area contributed by atoms with E-state index in [1.165, 1.54) is 7.11 Å². The van der Waals surface area contributed by atoms with Crippen LogP contribution in [0.3, 0.4) is 0 Å². The molecule has 1 heterocycles. The van der Waals surface area contributed by atoms with E-state index in [1.807, 2.05) is 27.7 Å². The molecule has 0 aromatic heterocycles. The number of carbonyl (C=O) groups excluding carboxylic acids is 1. The van der Waals surface area contributed by atoms with Crippen LogP contribution in [0, 0.1) is 0 Å². The maximum Gasteiger partial charge on any atom is 0.494 e. The van der Waals surface area contributed by atoms with Gasteiger partial charge in [0.05, 0.1) is 23.9 Å². The van der Waals surface area contributed by atoms with Gasteiger partial charge < -0.3 is 19.2 Å². The zero-order valence-corrected chi connectivity index (χ0v) is 12.4. The lowest BCUT2D eigenvalue weighted by atomic mass is 9.78. The molecule has 1 N–H and O–H groups in total. The molecule has 1 saturated heterocycles. The lowest BCUT2D eigenvalue weighted by Crippen LogP contribution is -2.41. The topological polar surface area (TPSA) is 65.0 Å². The molecule has 0 radical (unpaired) electrons. The van der Waals surface area contributed by atoms with Crippen molar-refractivity contribution in [2.75, 3.05) is 7.11 Å². The summed E-state index contributed by atoms with van der Waals surface area (Å²) in [5.41, 5.74) is -0.150. The summed E-state index contributed by atoms with van der Waals surface area (Å²) < 4.78 is 16.9. The number of phenolic OH excluding ortho intramolecular Hbond substituents is 1. The van der Waals surface area contributed by atoms with E-state index in [-0.39, 0.29) is 17.1 Å². The van der Waals surface area contributed by atoms with Crippen molar-refractivity contribution in [3.63, 3.8) is 0 Å². The standard InChI is InChI=1S/C14H19BO5/c1-13(2)14(3,4)20-15(19-13)10-6-9(8-16)12(17)11(7-10)18-5/h6-8,17H,1-5H3. The minimum Gasteiger partial charge on any atom is -0.504 e. The minimum atomic E-state index is -0.604. The van der Waals surface area contributed by atoms with Crippen LogP contribution in [-0.2, 0) is 9.31 Å². The second-order valence-electron chi connectivity index (χ2n) is 5.87. The first-order valence-corrected chi connectivity index (χ1v) is 6.43. The minimum absolute atomic E-state index is 0.147. The molecule has 2 rings (SSSR count). The van der Waals surface area contributed by atoms with Crippen molar-refractivity contribution in [1.29, 1.82) is 0 Å². The number of benzene rings is 1. The maximum atomic E-state index is 11.0. The van der Waals surface area contributed by atoms with Crippen LogP contribution in [-0.4, -0.2) is 36.8 Å². The fourth-order valence-corrected chi connectivity index (χ4v) is 2.01. The monoisotopic (exact) mass is 278 g/mol. The number of hydrogen-bond acceptors (Lipinski definition) is 5. The molecular weight excluding hydrogens is 259 g/mol. The molecule has 0 unspecified atom stereocenters. The number of hydrogen-bond donors (Lipinski definition) is 1. The fraction of sp³-hybridized carbons (Fsp3) is 0.500. The zero-order valence-electron chi connectivity index (χ0n) is 12.4. The Morgan fingerprint density at radius 1 is 1.20 bits per heavy atom. The van der Waals surface area contributed by atoms with Crippen LogP contribution in [0.25, 0.3) is 0 Å². The summed E-state index contributed by atoms with van der Waals surface area (Å²) in [6.45, 7) is 7.80. The van der Waals surface area contributed by atoms with Crippen molar-refractivity contribution in [3.05, 3.63) is 17.7 Å². The molecule has 1 aromatic rings. The van der Waals surface area contributed by atoms with Gasteiger partial charge in [0.1, 0.15) is 0 Å². The predicted octanol–water partition coefficient (Wildman–Crippen LogP) is 1.51. The van der Waals surface area contributed by atoms with Gasteiger partial charge in [-0.25, -0.2) is 0 Å². The lowest BCUT2D eigenvalue weighted by molar-refractivity contribution is 0.00578. The Morgan fingerprint density at radius 3 is 2.20 bits per heavy atom. The third-order valence-electron chi connectivity index (χ3n) is 4.00. The molecule has 108 valence electrons. The molecule has 0 aliphatic carbocycles. The smallest absolute Gasteiger partial charge is 0.494 e. The van der Waals surface area contributed by atoms with Crippen molar-refractivity contribution < 1.29 is 23.9 Å². The molecule has 20 heavy (non-hydrogen) atoms. The van der Waals surface area contributed by atoms with E-state index in [4.69, 9.17) is 14.0 Å². The van der Waals surface area contributed by atoms with Crippen LogP contribution in [0.1, 0.15) is 38.1 Å². The molecule has 0 bridgehead atoms. The van der Waals surface area contributed by atoms with Gasteiger partial charge in [-0.15, -0.1) is 0 Å². The number of ether oxygens (including phenoxy) is 1. The number of aromatic hydroxyl groups is 1. The number of aldehydes is 1. The highest BCUT2D eigenvalue weighted by molar-refractivity contribution is 6.62. The van der Waals surface area contributed by atoms with Crippen LogP contribution in [0.4, 0.5) is 0 Å². The van der Waals surface area contributed by atoms with Crippen molar-refractivity contribution in [3.8, 4) is 11.5 Å². The van der Waals surface area contributed by atoms with E-state index in [2.05, 4.69) is 0 Å². The van der Waals surface area contributed by atoms with E-state index >= 15 is 0 Å². The number of rotatable bonds is 3. The second-order valence-corrected chi connectivity index (χ2v) is 5.87. The highest BCUT2D eigenvalue weighted by atomic mass is 16.7.